The van der Waals surface area contributed by atoms with Gasteiger partial charge in [0.2, 0.25) is 0 Å². The number of cyclic esters (lactones) is 1. The lowest BCUT2D eigenvalue weighted by Crippen LogP contribution is -2.43. The van der Waals surface area contributed by atoms with Crippen LogP contribution in [0.2, 0.25) is 18.1 Å². The number of carbonyl (C=O) groups is 2. The van der Waals surface area contributed by atoms with Crippen LogP contribution >= 0.6 is 0 Å². The summed E-state index contributed by atoms with van der Waals surface area (Å²) in [6, 6.07) is 0. The van der Waals surface area contributed by atoms with E-state index in [9.17, 15) is 9.59 Å². The molecule has 0 radical (unpaired) electrons. The Bertz CT molecular complexity index is 901. The van der Waals surface area contributed by atoms with Gasteiger partial charge >= 0.3 is 5.97 Å². The molecule has 0 aliphatic carbocycles. The molecule has 5 nitrogen and oxygen atoms in total. The lowest BCUT2D eigenvalue weighted by Gasteiger charge is -2.37. The van der Waals surface area contributed by atoms with Gasteiger partial charge in [0, 0.05) is 18.9 Å². The minimum atomic E-state index is -2.00. The molecular weight excluding hydrogens is 456 g/mol. The largest absolute Gasteiger partial charge is 0.456 e. The van der Waals surface area contributed by atoms with E-state index in [1.54, 1.807) is 18.2 Å². The summed E-state index contributed by atoms with van der Waals surface area (Å²) in [5.74, 6) is -0.388. The van der Waals surface area contributed by atoms with Crippen molar-refractivity contribution < 1.29 is 23.5 Å². The molecule has 0 N–H and O–H groups in total. The molecule has 0 amide bonds. The summed E-state index contributed by atoms with van der Waals surface area (Å²) >= 11 is 0. The predicted molar refractivity (Wildman–Crippen MR) is 145 cm³/mol. The lowest BCUT2D eigenvalue weighted by atomic mass is 9.95. The van der Waals surface area contributed by atoms with Crippen molar-refractivity contribution >= 4 is 20.1 Å². The fraction of sp³-hybridized carbons (Fsp3) is 0.586. The fourth-order valence-corrected chi connectivity index (χ4v) is 4.94. The van der Waals surface area contributed by atoms with E-state index in [4.69, 9.17) is 13.9 Å². The van der Waals surface area contributed by atoms with Gasteiger partial charge in [-0.2, -0.15) is 0 Å². The van der Waals surface area contributed by atoms with Gasteiger partial charge in [-0.1, -0.05) is 68.4 Å². The average Bonchev–Trinajstić information content (AvgIpc) is 2.70. The maximum Gasteiger partial charge on any atom is 0.331 e. The quantitative estimate of drug-likeness (QED) is 0.243. The van der Waals surface area contributed by atoms with Crippen molar-refractivity contribution in [3.63, 3.8) is 0 Å². The first-order valence-corrected chi connectivity index (χ1v) is 15.5. The lowest BCUT2D eigenvalue weighted by molar-refractivity contribution is -0.144. The van der Waals surface area contributed by atoms with Crippen molar-refractivity contribution in [3.05, 3.63) is 59.8 Å². The zero-order valence-corrected chi connectivity index (χ0v) is 23.7. The van der Waals surface area contributed by atoms with Crippen LogP contribution in [0.3, 0.4) is 0 Å². The Morgan fingerprint density at radius 2 is 1.80 bits per heavy atom. The number of rotatable bonds is 3. The fourth-order valence-electron chi connectivity index (χ4n) is 3.91. The Morgan fingerprint density at radius 1 is 1.09 bits per heavy atom. The molecule has 2 heterocycles. The molecule has 194 valence electrons. The molecule has 35 heavy (non-hydrogen) atoms. The van der Waals surface area contributed by atoms with Gasteiger partial charge in [-0.3, -0.25) is 4.79 Å². The van der Waals surface area contributed by atoms with Gasteiger partial charge in [0.05, 0.1) is 18.8 Å². The van der Waals surface area contributed by atoms with E-state index in [1.807, 2.05) is 19.9 Å². The number of hydrogen-bond donors (Lipinski definition) is 0. The van der Waals surface area contributed by atoms with Crippen molar-refractivity contribution in [2.24, 2.45) is 0 Å². The van der Waals surface area contributed by atoms with Crippen molar-refractivity contribution in [1.29, 1.82) is 0 Å². The second kappa shape index (κ2) is 12.8. The number of ether oxygens (including phenoxy) is 2. The highest BCUT2D eigenvalue weighted by molar-refractivity contribution is 6.74. The zero-order valence-electron chi connectivity index (χ0n) is 22.7. The monoisotopic (exact) mass is 500 g/mol. The number of allylic oxidation sites excluding steroid dienone is 4. The van der Waals surface area contributed by atoms with Crippen LogP contribution in [0, 0.1) is 0 Å². The minimum Gasteiger partial charge on any atom is -0.456 e. The first-order valence-electron chi connectivity index (χ1n) is 12.6. The van der Waals surface area contributed by atoms with E-state index in [0.29, 0.717) is 25.9 Å². The summed E-state index contributed by atoms with van der Waals surface area (Å²) in [5, 5.41) is 0.0663. The van der Waals surface area contributed by atoms with Gasteiger partial charge in [-0.05, 0) is 57.3 Å². The third-order valence-electron chi connectivity index (χ3n) is 6.88. The normalized spacial score (nSPS) is 30.7. The van der Waals surface area contributed by atoms with Crippen LogP contribution in [0.4, 0.5) is 0 Å². The summed E-state index contributed by atoms with van der Waals surface area (Å²) < 4.78 is 18.5. The van der Waals surface area contributed by atoms with E-state index >= 15 is 0 Å². The van der Waals surface area contributed by atoms with Gasteiger partial charge in [0.15, 0.2) is 14.1 Å². The number of fused-ring (bicyclic) bond motifs is 2. The molecule has 2 aliphatic rings. The molecule has 2 rings (SSSR count). The van der Waals surface area contributed by atoms with E-state index in [-0.39, 0.29) is 23.0 Å². The molecule has 2 bridgehead atoms. The number of esters is 1. The van der Waals surface area contributed by atoms with Crippen LogP contribution in [0.1, 0.15) is 66.7 Å². The van der Waals surface area contributed by atoms with Gasteiger partial charge < -0.3 is 13.9 Å². The van der Waals surface area contributed by atoms with Crippen molar-refractivity contribution in [3.8, 4) is 0 Å². The molecule has 1 saturated heterocycles. The number of ketones is 1. The molecule has 0 aromatic rings. The molecular formula is C29H44O5Si. The first-order chi connectivity index (χ1) is 16.2. The van der Waals surface area contributed by atoms with Crippen molar-refractivity contribution in [2.75, 3.05) is 6.61 Å². The summed E-state index contributed by atoms with van der Waals surface area (Å²) in [5.41, 5.74) is 3.12. The molecule has 2 aliphatic heterocycles. The van der Waals surface area contributed by atoms with E-state index < -0.39 is 20.4 Å². The second-order valence-corrected chi connectivity index (χ2v) is 16.3. The Balaban J connectivity index is 2.27. The standard InChI is InChI=1S/C29H44O5Si/c1-21-11-9-14-28(31)34-27(20-32-35(7,8)29(4,5)6)19-23(3)18-26-17-22(2)16-25(33-26)13-10-12-24(30)15-21/h9-12,14,18,25-27H,2,13,15-17,19-20H2,1,3-8H3/b12-10+,14-9+,21-11-,23-18+/t25-,26-,27?/m0/s1. The van der Waals surface area contributed by atoms with Crippen molar-refractivity contribution in [2.45, 2.75) is 103 Å². The van der Waals surface area contributed by atoms with E-state index in [2.05, 4.69) is 46.5 Å². The smallest absolute Gasteiger partial charge is 0.331 e. The van der Waals surface area contributed by atoms with Gasteiger partial charge in [-0.25, -0.2) is 4.79 Å². The van der Waals surface area contributed by atoms with Crippen LogP contribution < -0.4 is 0 Å². The molecule has 0 aromatic carbocycles. The predicted octanol–water partition coefficient (Wildman–Crippen LogP) is 6.78. The van der Waals surface area contributed by atoms with Gasteiger partial charge in [0.25, 0.3) is 0 Å². The van der Waals surface area contributed by atoms with Gasteiger partial charge in [-0.15, -0.1) is 0 Å². The Kier molecular flexibility index (Phi) is 10.7. The Hall–Kier alpha value is -2.02. The van der Waals surface area contributed by atoms with Crippen molar-refractivity contribution in [1.82, 2.24) is 0 Å². The van der Waals surface area contributed by atoms with Crippen LogP contribution in [0.5, 0.6) is 0 Å². The maximum absolute atomic E-state index is 12.6. The van der Waals surface area contributed by atoms with Crippen LogP contribution in [0.15, 0.2) is 59.8 Å². The number of carbonyl (C=O) groups excluding carboxylic acids is 2. The third-order valence-corrected chi connectivity index (χ3v) is 11.4. The Morgan fingerprint density at radius 3 is 2.49 bits per heavy atom. The minimum absolute atomic E-state index is 0.00310. The SMILES string of the molecule is C=C1C[C@@H]2C/C=C/C(=O)C/C(C)=C\C=C\C(=O)OC(CO[Si](C)(C)C(C)(C)C)C/C(C)=C/[C@H](C1)O2. The zero-order chi connectivity index (χ0) is 26.2. The topological polar surface area (TPSA) is 61.8 Å². The molecule has 6 heteroatoms. The maximum atomic E-state index is 12.6. The van der Waals surface area contributed by atoms with Crippen LogP contribution in [-0.2, 0) is 23.5 Å². The molecule has 1 fully saturated rings. The number of hydrogen-bond acceptors (Lipinski definition) is 5. The highest BCUT2D eigenvalue weighted by Gasteiger charge is 2.38. The highest BCUT2D eigenvalue weighted by atomic mass is 28.4. The second-order valence-electron chi connectivity index (χ2n) is 11.5. The first kappa shape index (κ1) is 29.2. The summed E-state index contributed by atoms with van der Waals surface area (Å²) in [6.45, 7) is 19.5. The molecule has 0 spiro atoms. The molecule has 0 aromatic heterocycles. The molecule has 0 saturated carbocycles. The summed E-state index contributed by atoms with van der Waals surface area (Å²) in [6.07, 6.45) is 13.1. The third kappa shape index (κ3) is 10.2. The summed E-state index contributed by atoms with van der Waals surface area (Å²) in [4.78, 5) is 24.9. The molecule has 1 unspecified atom stereocenters. The van der Waals surface area contributed by atoms with E-state index in [1.165, 1.54) is 6.08 Å². The van der Waals surface area contributed by atoms with Crippen LogP contribution in [0.25, 0.3) is 0 Å². The van der Waals surface area contributed by atoms with Crippen LogP contribution in [-0.4, -0.2) is 45.0 Å². The highest BCUT2D eigenvalue weighted by Crippen LogP contribution is 2.37. The van der Waals surface area contributed by atoms with Gasteiger partial charge in [0.1, 0.15) is 6.10 Å². The molecule has 3 atom stereocenters. The summed E-state index contributed by atoms with van der Waals surface area (Å²) in [7, 11) is -2.00. The average molecular weight is 501 g/mol. The van der Waals surface area contributed by atoms with E-state index in [0.717, 1.165) is 29.6 Å². The Labute approximate surface area is 213 Å².